The van der Waals surface area contributed by atoms with Gasteiger partial charge < -0.3 is 9.64 Å². The van der Waals surface area contributed by atoms with Gasteiger partial charge in [-0.05, 0) is 44.2 Å². The lowest BCUT2D eigenvalue weighted by Gasteiger charge is -2.34. The molecule has 122 valence electrons. The van der Waals surface area contributed by atoms with Gasteiger partial charge in [-0.3, -0.25) is 4.79 Å². The molecule has 1 aromatic rings. The summed E-state index contributed by atoms with van der Waals surface area (Å²) >= 11 is 0. The van der Waals surface area contributed by atoms with E-state index in [-0.39, 0.29) is 17.3 Å². The minimum atomic E-state index is -0.0590. The second kappa shape index (κ2) is 7.28. The van der Waals surface area contributed by atoms with Crippen LogP contribution in [0.15, 0.2) is 30.3 Å². The monoisotopic (exact) mass is 303 g/mol. The van der Waals surface area contributed by atoms with E-state index in [9.17, 15) is 4.79 Å². The van der Waals surface area contributed by atoms with Crippen molar-refractivity contribution in [1.29, 1.82) is 0 Å². The molecule has 3 nitrogen and oxygen atoms in total. The number of carbonyl (C=O) groups is 1. The highest BCUT2D eigenvalue weighted by Crippen LogP contribution is 2.42. The maximum absolute atomic E-state index is 12.5. The van der Waals surface area contributed by atoms with Crippen LogP contribution in [0.4, 0.5) is 0 Å². The summed E-state index contributed by atoms with van der Waals surface area (Å²) in [5, 5.41) is 0. The predicted octanol–water partition coefficient (Wildman–Crippen LogP) is 3.88. The summed E-state index contributed by atoms with van der Waals surface area (Å²) < 4.78 is 5.57. The Hall–Kier alpha value is -1.35. The Labute approximate surface area is 134 Å². The van der Waals surface area contributed by atoms with Crippen LogP contribution in [0, 0.1) is 11.3 Å². The quantitative estimate of drug-likeness (QED) is 0.747. The van der Waals surface area contributed by atoms with Gasteiger partial charge in [0.05, 0.1) is 5.92 Å². The number of hydrogen-bond acceptors (Lipinski definition) is 3. The first kappa shape index (κ1) is 17.0. The van der Waals surface area contributed by atoms with Crippen molar-refractivity contribution in [3.05, 3.63) is 35.9 Å². The minimum Gasteiger partial charge on any atom is -0.461 e. The van der Waals surface area contributed by atoms with E-state index in [2.05, 4.69) is 25.7 Å². The molecule has 1 aliphatic heterocycles. The molecule has 22 heavy (non-hydrogen) atoms. The van der Waals surface area contributed by atoms with Gasteiger partial charge in [-0.1, -0.05) is 44.2 Å². The second-order valence-electron chi connectivity index (χ2n) is 6.85. The molecule has 0 spiro atoms. The van der Waals surface area contributed by atoms with Crippen LogP contribution in [0.5, 0.6) is 0 Å². The van der Waals surface area contributed by atoms with Crippen LogP contribution >= 0.6 is 0 Å². The van der Waals surface area contributed by atoms with Crippen molar-refractivity contribution in [2.75, 3.05) is 13.1 Å². The number of benzene rings is 1. The zero-order chi connectivity index (χ0) is 16.2. The van der Waals surface area contributed by atoms with Crippen molar-refractivity contribution in [2.45, 2.75) is 53.2 Å². The number of esters is 1. The lowest BCUT2D eigenvalue weighted by molar-refractivity contribution is -0.154. The van der Waals surface area contributed by atoms with Gasteiger partial charge in [-0.15, -0.1) is 0 Å². The van der Waals surface area contributed by atoms with E-state index in [1.54, 1.807) is 0 Å². The van der Waals surface area contributed by atoms with Crippen molar-refractivity contribution in [3.8, 4) is 0 Å². The fourth-order valence-corrected chi connectivity index (χ4v) is 3.42. The van der Waals surface area contributed by atoms with Gasteiger partial charge in [0.15, 0.2) is 0 Å². The summed E-state index contributed by atoms with van der Waals surface area (Å²) in [7, 11) is 0. The molecule has 0 bridgehead atoms. The Morgan fingerprint density at radius 2 is 1.95 bits per heavy atom. The van der Waals surface area contributed by atoms with Crippen molar-refractivity contribution < 1.29 is 9.53 Å². The zero-order valence-corrected chi connectivity index (χ0v) is 14.3. The molecule has 1 aliphatic rings. The molecule has 0 amide bonds. The highest BCUT2D eigenvalue weighted by Gasteiger charge is 2.45. The van der Waals surface area contributed by atoms with Crippen LogP contribution in [0.3, 0.4) is 0 Å². The van der Waals surface area contributed by atoms with Crippen molar-refractivity contribution in [1.82, 2.24) is 4.90 Å². The maximum atomic E-state index is 12.5. The van der Waals surface area contributed by atoms with E-state index < -0.39 is 0 Å². The Bertz CT molecular complexity index is 485. The Morgan fingerprint density at radius 3 is 2.50 bits per heavy atom. The lowest BCUT2D eigenvalue weighted by Crippen LogP contribution is -2.39. The Morgan fingerprint density at radius 1 is 1.27 bits per heavy atom. The van der Waals surface area contributed by atoms with Gasteiger partial charge >= 0.3 is 5.97 Å². The van der Waals surface area contributed by atoms with E-state index in [1.807, 2.05) is 37.3 Å². The summed E-state index contributed by atoms with van der Waals surface area (Å²) in [5.74, 6) is -0.110. The van der Waals surface area contributed by atoms with Crippen molar-refractivity contribution in [3.63, 3.8) is 0 Å². The zero-order valence-electron chi connectivity index (χ0n) is 14.3. The summed E-state index contributed by atoms with van der Waals surface area (Å²) in [4.78, 5) is 15.0. The van der Waals surface area contributed by atoms with E-state index >= 15 is 0 Å². The fraction of sp³-hybridized carbons (Fsp3) is 0.632. The van der Waals surface area contributed by atoms with Crippen LogP contribution in [-0.2, 0) is 16.1 Å². The SMILES string of the molecule is CCC1(C(C)C(=O)OCc2ccccc2)CCN(C(C)C)C1. The van der Waals surface area contributed by atoms with Gasteiger partial charge in [0, 0.05) is 12.6 Å². The Balaban J connectivity index is 1.96. The van der Waals surface area contributed by atoms with E-state index in [0.717, 1.165) is 31.5 Å². The molecule has 1 aromatic carbocycles. The molecular formula is C19H29NO2. The van der Waals surface area contributed by atoms with Crippen LogP contribution in [0.1, 0.15) is 46.1 Å². The summed E-state index contributed by atoms with van der Waals surface area (Å²) in [6.45, 7) is 11.2. The molecule has 2 unspecified atom stereocenters. The molecule has 0 radical (unpaired) electrons. The van der Waals surface area contributed by atoms with Gasteiger partial charge in [0.1, 0.15) is 6.61 Å². The standard InChI is InChI=1S/C19H29NO2/c1-5-19(11-12-20(14-19)15(2)3)16(4)18(21)22-13-17-9-7-6-8-10-17/h6-10,15-16H,5,11-14H2,1-4H3. The third-order valence-corrected chi connectivity index (χ3v) is 5.35. The lowest BCUT2D eigenvalue weighted by atomic mass is 9.73. The van der Waals surface area contributed by atoms with Crippen LogP contribution in [-0.4, -0.2) is 30.0 Å². The number of carbonyl (C=O) groups excluding carboxylic acids is 1. The van der Waals surface area contributed by atoms with E-state index in [4.69, 9.17) is 4.74 Å². The minimum absolute atomic E-state index is 0.0510. The molecule has 2 rings (SSSR count). The number of hydrogen-bond donors (Lipinski definition) is 0. The molecule has 2 atom stereocenters. The highest BCUT2D eigenvalue weighted by molar-refractivity contribution is 5.73. The third-order valence-electron chi connectivity index (χ3n) is 5.35. The molecule has 1 fully saturated rings. The van der Waals surface area contributed by atoms with Gasteiger partial charge in [-0.25, -0.2) is 0 Å². The number of rotatable bonds is 6. The number of ether oxygens (including phenoxy) is 1. The first-order valence-corrected chi connectivity index (χ1v) is 8.43. The molecule has 1 saturated heterocycles. The highest BCUT2D eigenvalue weighted by atomic mass is 16.5. The van der Waals surface area contributed by atoms with Gasteiger partial charge in [0.2, 0.25) is 0 Å². The first-order chi connectivity index (χ1) is 10.5. The van der Waals surface area contributed by atoms with Crippen LogP contribution in [0.25, 0.3) is 0 Å². The summed E-state index contributed by atoms with van der Waals surface area (Å²) in [6, 6.07) is 10.4. The normalized spacial score (nSPS) is 23.7. The van der Waals surface area contributed by atoms with Crippen molar-refractivity contribution in [2.24, 2.45) is 11.3 Å². The maximum Gasteiger partial charge on any atom is 0.309 e. The van der Waals surface area contributed by atoms with Gasteiger partial charge in [0.25, 0.3) is 0 Å². The molecule has 3 heteroatoms. The predicted molar refractivity (Wildman–Crippen MR) is 89.5 cm³/mol. The van der Waals surface area contributed by atoms with E-state index in [1.165, 1.54) is 0 Å². The second-order valence-corrected chi connectivity index (χ2v) is 6.85. The molecule has 0 aliphatic carbocycles. The fourth-order valence-electron chi connectivity index (χ4n) is 3.42. The van der Waals surface area contributed by atoms with Crippen LogP contribution < -0.4 is 0 Å². The molecular weight excluding hydrogens is 274 g/mol. The van der Waals surface area contributed by atoms with Crippen LogP contribution in [0.2, 0.25) is 0 Å². The number of likely N-dealkylation sites (tertiary alicyclic amines) is 1. The third kappa shape index (κ3) is 3.70. The smallest absolute Gasteiger partial charge is 0.309 e. The number of nitrogens with zero attached hydrogens (tertiary/aromatic N) is 1. The molecule has 0 saturated carbocycles. The average molecular weight is 303 g/mol. The van der Waals surface area contributed by atoms with E-state index in [0.29, 0.717) is 12.6 Å². The van der Waals surface area contributed by atoms with Gasteiger partial charge in [-0.2, -0.15) is 0 Å². The molecule has 1 heterocycles. The topological polar surface area (TPSA) is 29.5 Å². The molecule has 0 N–H and O–H groups in total. The largest absolute Gasteiger partial charge is 0.461 e. The first-order valence-electron chi connectivity index (χ1n) is 8.43. The summed E-state index contributed by atoms with van der Waals surface area (Å²) in [5.41, 5.74) is 1.11. The average Bonchev–Trinajstić information content (AvgIpc) is 2.99. The Kier molecular flexibility index (Phi) is 5.63. The molecule has 0 aromatic heterocycles. The summed E-state index contributed by atoms with van der Waals surface area (Å²) in [6.07, 6.45) is 2.11. The van der Waals surface area contributed by atoms with Crippen molar-refractivity contribution >= 4 is 5.97 Å².